The quantitative estimate of drug-likeness (QED) is 0.662. The smallest absolute Gasteiger partial charge is 0.232 e. The zero-order valence-electron chi connectivity index (χ0n) is 11.3. The number of amides is 1. The molecule has 0 saturated carbocycles. The van der Waals surface area contributed by atoms with Crippen molar-refractivity contribution < 1.29 is 9.90 Å². The van der Waals surface area contributed by atoms with Crippen LogP contribution in [0.3, 0.4) is 0 Å². The largest absolute Gasteiger partial charge is 0.392 e. The molecule has 1 saturated heterocycles. The second-order valence-corrected chi connectivity index (χ2v) is 4.95. The number of hydrogen-bond acceptors (Lipinski definition) is 2. The minimum atomic E-state index is -0.646. The number of terminal acetylenes is 1. The van der Waals surface area contributed by atoms with Gasteiger partial charge in [0.1, 0.15) is 6.04 Å². The van der Waals surface area contributed by atoms with Crippen molar-refractivity contribution in [2.75, 3.05) is 0 Å². The summed E-state index contributed by atoms with van der Waals surface area (Å²) < 4.78 is 0. The van der Waals surface area contributed by atoms with Crippen LogP contribution < -0.4 is 0 Å². The Kier molecular flexibility index (Phi) is 3.92. The predicted molar refractivity (Wildman–Crippen MR) is 74.1 cm³/mol. The first-order valence-corrected chi connectivity index (χ1v) is 6.63. The Labute approximate surface area is 114 Å². The van der Waals surface area contributed by atoms with E-state index in [1.54, 1.807) is 4.90 Å². The lowest BCUT2D eigenvalue weighted by atomic mass is 9.80. The van der Waals surface area contributed by atoms with Crippen molar-refractivity contribution in [1.82, 2.24) is 4.90 Å². The third-order valence-electron chi connectivity index (χ3n) is 3.88. The Balaban J connectivity index is 2.19. The average molecular weight is 257 g/mol. The predicted octanol–water partition coefficient (Wildman–Crippen LogP) is 1.98. The fraction of sp³-hybridized carbons (Fsp3) is 0.438. The molecule has 1 heterocycles. The van der Waals surface area contributed by atoms with E-state index in [2.05, 4.69) is 5.92 Å². The van der Waals surface area contributed by atoms with Crippen molar-refractivity contribution in [2.45, 2.75) is 38.5 Å². The van der Waals surface area contributed by atoms with Crippen LogP contribution in [0, 0.1) is 18.3 Å². The number of nitrogens with zero attached hydrogens (tertiary/aromatic N) is 1. The highest BCUT2D eigenvalue weighted by atomic mass is 16.3. The van der Waals surface area contributed by atoms with E-state index in [-0.39, 0.29) is 18.0 Å². The molecule has 1 fully saturated rings. The van der Waals surface area contributed by atoms with Gasteiger partial charge in [-0.2, -0.15) is 0 Å². The van der Waals surface area contributed by atoms with Gasteiger partial charge in [-0.25, -0.2) is 0 Å². The van der Waals surface area contributed by atoms with Gasteiger partial charge in [0.25, 0.3) is 0 Å². The number of likely N-dealkylation sites (tertiary alicyclic amines) is 1. The molecule has 100 valence electrons. The Bertz CT molecular complexity index is 491. The zero-order chi connectivity index (χ0) is 14.0. The number of β-lactam (4-membered cyclic amide) rings is 1. The normalized spacial score (nSPS) is 25.4. The maximum atomic E-state index is 12.2. The molecule has 0 aromatic heterocycles. The van der Waals surface area contributed by atoms with Gasteiger partial charge in [-0.1, -0.05) is 43.2 Å². The van der Waals surface area contributed by atoms with E-state index in [1.165, 1.54) is 0 Å². The Morgan fingerprint density at radius 2 is 2.05 bits per heavy atom. The molecule has 2 rings (SSSR count). The summed E-state index contributed by atoms with van der Waals surface area (Å²) in [6, 6.07) is 9.42. The maximum absolute atomic E-state index is 12.2. The average Bonchev–Trinajstić information content (AvgIpc) is 2.45. The van der Waals surface area contributed by atoms with E-state index in [9.17, 15) is 9.90 Å². The number of aliphatic hydroxyl groups is 1. The van der Waals surface area contributed by atoms with Crippen LogP contribution in [0.15, 0.2) is 30.3 Å². The number of carbonyl (C=O) groups excluding carboxylic acids is 1. The van der Waals surface area contributed by atoms with E-state index in [4.69, 9.17) is 6.42 Å². The van der Waals surface area contributed by atoms with Crippen LogP contribution in [0.25, 0.3) is 0 Å². The van der Waals surface area contributed by atoms with E-state index in [1.807, 2.05) is 44.2 Å². The molecule has 3 nitrogen and oxygen atoms in total. The highest BCUT2D eigenvalue weighted by Crippen LogP contribution is 2.37. The van der Waals surface area contributed by atoms with Crippen LogP contribution in [-0.2, 0) is 4.79 Å². The van der Waals surface area contributed by atoms with Gasteiger partial charge < -0.3 is 10.0 Å². The van der Waals surface area contributed by atoms with Crippen LogP contribution in [0.5, 0.6) is 0 Å². The lowest BCUT2D eigenvalue weighted by Crippen LogP contribution is -2.64. The monoisotopic (exact) mass is 257 g/mol. The molecule has 19 heavy (non-hydrogen) atoms. The summed E-state index contributed by atoms with van der Waals surface area (Å²) in [5.74, 6) is 2.15. The zero-order valence-corrected chi connectivity index (χ0v) is 11.3. The maximum Gasteiger partial charge on any atom is 0.232 e. The SMILES string of the molecule is C#C[C@@H]1[C@H]([C@@H](O)CC)C(=O)N1[C@H](C)c1ccccc1. The number of hydrogen-bond donors (Lipinski definition) is 1. The van der Waals surface area contributed by atoms with E-state index >= 15 is 0 Å². The minimum Gasteiger partial charge on any atom is -0.392 e. The summed E-state index contributed by atoms with van der Waals surface area (Å²) >= 11 is 0. The Morgan fingerprint density at radius 1 is 1.42 bits per heavy atom. The second kappa shape index (κ2) is 5.46. The van der Waals surface area contributed by atoms with Gasteiger partial charge in [-0.15, -0.1) is 6.42 Å². The minimum absolute atomic E-state index is 0.0475. The Morgan fingerprint density at radius 3 is 2.58 bits per heavy atom. The molecule has 3 heteroatoms. The van der Waals surface area contributed by atoms with E-state index < -0.39 is 12.0 Å². The highest BCUT2D eigenvalue weighted by Gasteiger charge is 2.51. The molecule has 1 aromatic rings. The molecule has 0 bridgehead atoms. The van der Waals surface area contributed by atoms with Gasteiger partial charge >= 0.3 is 0 Å². The molecule has 1 N–H and O–H groups in total. The van der Waals surface area contributed by atoms with Crippen LogP contribution in [0.2, 0.25) is 0 Å². The van der Waals surface area contributed by atoms with Gasteiger partial charge in [0.15, 0.2) is 0 Å². The summed E-state index contributed by atoms with van der Waals surface area (Å²) in [6.07, 6.45) is 5.43. The van der Waals surface area contributed by atoms with E-state index in [0.717, 1.165) is 5.56 Å². The number of benzene rings is 1. The van der Waals surface area contributed by atoms with Crippen LogP contribution >= 0.6 is 0 Å². The van der Waals surface area contributed by atoms with Crippen molar-refractivity contribution >= 4 is 5.91 Å². The second-order valence-electron chi connectivity index (χ2n) is 4.95. The third kappa shape index (κ3) is 2.24. The first kappa shape index (κ1) is 13.6. The molecular formula is C16H19NO2. The summed E-state index contributed by atoms with van der Waals surface area (Å²) in [5.41, 5.74) is 1.06. The van der Waals surface area contributed by atoms with Gasteiger partial charge in [0.05, 0.1) is 18.1 Å². The molecule has 1 aromatic carbocycles. The standard InChI is InChI=1S/C16H19NO2/c1-4-13-15(14(18)5-2)16(19)17(13)11(3)12-9-7-6-8-10-12/h1,6-11,13-15,18H,5H2,2-3H3/t11-,13-,14+,15-/m1/s1. The summed E-state index contributed by atoms with van der Waals surface area (Å²) in [6.45, 7) is 3.82. The topological polar surface area (TPSA) is 40.5 Å². The molecule has 1 aliphatic heterocycles. The van der Waals surface area contributed by atoms with Crippen molar-refractivity contribution in [2.24, 2.45) is 5.92 Å². The third-order valence-corrected chi connectivity index (χ3v) is 3.88. The molecule has 4 atom stereocenters. The van der Waals surface area contributed by atoms with E-state index in [0.29, 0.717) is 6.42 Å². The summed E-state index contributed by atoms with van der Waals surface area (Å²) in [4.78, 5) is 13.9. The lowest BCUT2D eigenvalue weighted by molar-refractivity contribution is -0.164. The van der Waals surface area contributed by atoms with Crippen molar-refractivity contribution in [3.8, 4) is 12.3 Å². The number of aliphatic hydroxyl groups excluding tert-OH is 1. The van der Waals surface area contributed by atoms with Crippen LogP contribution in [0.4, 0.5) is 0 Å². The molecule has 1 aliphatic rings. The first-order valence-electron chi connectivity index (χ1n) is 6.63. The fourth-order valence-corrected chi connectivity index (χ4v) is 2.67. The molecule has 1 amide bonds. The Hall–Kier alpha value is -1.79. The van der Waals surface area contributed by atoms with Crippen molar-refractivity contribution in [1.29, 1.82) is 0 Å². The highest BCUT2D eigenvalue weighted by molar-refractivity contribution is 5.88. The first-order chi connectivity index (χ1) is 9.11. The fourth-order valence-electron chi connectivity index (χ4n) is 2.67. The molecular weight excluding hydrogens is 238 g/mol. The number of rotatable bonds is 4. The molecule has 0 spiro atoms. The molecule has 0 radical (unpaired) electrons. The van der Waals surface area contributed by atoms with Crippen LogP contribution in [-0.4, -0.2) is 28.1 Å². The van der Waals surface area contributed by atoms with Gasteiger partial charge in [0, 0.05) is 0 Å². The van der Waals surface area contributed by atoms with Gasteiger partial charge in [0.2, 0.25) is 5.91 Å². The molecule has 0 aliphatic carbocycles. The van der Waals surface area contributed by atoms with Gasteiger partial charge in [-0.05, 0) is 18.9 Å². The summed E-state index contributed by atoms with van der Waals surface area (Å²) in [5, 5.41) is 9.88. The molecule has 0 unspecified atom stereocenters. The van der Waals surface area contributed by atoms with Gasteiger partial charge in [-0.3, -0.25) is 4.79 Å². The van der Waals surface area contributed by atoms with Crippen molar-refractivity contribution in [3.63, 3.8) is 0 Å². The summed E-state index contributed by atoms with van der Waals surface area (Å²) in [7, 11) is 0. The lowest BCUT2D eigenvalue weighted by Gasteiger charge is -2.49. The van der Waals surface area contributed by atoms with Crippen molar-refractivity contribution in [3.05, 3.63) is 35.9 Å². The number of carbonyl (C=O) groups is 1. The van der Waals surface area contributed by atoms with Crippen LogP contribution in [0.1, 0.15) is 31.9 Å².